The summed E-state index contributed by atoms with van der Waals surface area (Å²) in [6.07, 6.45) is 0. The van der Waals surface area contributed by atoms with Crippen molar-refractivity contribution in [3.05, 3.63) is 59.7 Å². The maximum atomic E-state index is 12.1. The molecule has 3 N–H and O–H groups in total. The third-order valence-electron chi connectivity index (χ3n) is 3.55. The highest BCUT2D eigenvalue weighted by Gasteiger charge is 2.19. The van der Waals surface area contributed by atoms with E-state index in [1.165, 1.54) is 0 Å². The number of hydrogen-bond acceptors (Lipinski definition) is 4. The van der Waals surface area contributed by atoms with Gasteiger partial charge in [-0.1, -0.05) is 24.3 Å². The summed E-state index contributed by atoms with van der Waals surface area (Å²) in [5.74, 6) is 1.23. The predicted octanol–water partition coefficient (Wildman–Crippen LogP) is 2.26. The lowest BCUT2D eigenvalue weighted by Gasteiger charge is -2.22. The van der Waals surface area contributed by atoms with Gasteiger partial charge in [0, 0.05) is 0 Å². The van der Waals surface area contributed by atoms with Gasteiger partial charge in [0.05, 0.1) is 26.3 Å². The van der Waals surface area contributed by atoms with Crippen molar-refractivity contribution in [1.82, 2.24) is 5.32 Å². The van der Waals surface area contributed by atoms with Gasteiger partial charge in [0.2, 0.25) is 5.91 Å². The molecule has 0 aliphatic heterocycles. The molecule has 0 aromatic heterocycles. The Kier molecular flexibility index (Phi) is 5.60. The molecule has 0 spiro atoms. The minimum Gasteiger partial charge on any atom is -0.497 e. The number of nitrogens with one attached hydrogen (secondary N) is 1. The van der Waals surface area contributed by atoms with Crippen LogP contribution in [0.1, 0.15) is 24.1 Å². The monoisotopic (exact) mass is 314 g/mol. The Balaban J connectivity index is 2.43. The quantitative estimate of drug-likeness (QED) is 0.858. The Bertz CT molecular complexity index is 623. The number of methoxy groups -OCH3 is 2. The second-order valence-corrected chi connectivity index (χ2v) is 5.28. The topological polar surface area (TPSA) is 73.6 Å². The van der Waals surface area contributed by atoms with E-state index >= 15 is 0 Å². The summed E-state index contributed by atoms with van der Waals surface area (Å²) in [6, 6.07) is 14.2. The molecule has 5 heteroatoms. The second kappa shape index (κ2) is 7.65. The largest absolute Gasteiger partial charge is 0.497 e. The van der Waals surface area contributed by atoms with Gasteiger partial charge in [-0.15, -0.1) is 0 Å². The number of benzene rings is 2. The zero-order chi connectivity index (χ0) is 16.8. The Hall–Kier alpha value is -2.53. The maximum absolute atomic E-state index is 12.1. The van der Waals surface area contributed by atoms with Crippen LogP contribution in [0.4, 0.5) is 0 Å². The SMILES string of the molecule is COc1cccc(C(NC(=O)[C@@H](C)N)c2cccc(OC)c2)c1. The summed E-state index contributed by atoms with van der Waals surface area (Å²) >= 11 is 0. The van der Waals surface area contributed by atoms with Gasteiger partial charge in [0.25, 0.3) is 0 Å². The van der Waals surface area contributed by atoms with Crippen molar-refractivity contribution in [1.29, 1.82) is 0 Å². The van der Waals surface area contributed by atoms with Crippen LogP contribution >= 0.6 is 0 Å². The molecule has 0 heterocycles. The summed E-state index contributed by atoms with van der Waals surface area (Å²) in [7, 11) is 3.22. The average Bonchev–Trinajstić information content (AvgIpc) is 2.59. The van der Waals surface area contributed by atoms with E-state index < -0.39 is 6.04 Å². The molecule has 1 amide bonds. The highest BCUT2D eigenvalue weighted by Crippen LogP contribution is 2.27. The molecule has 0 aliphatic carbocycles. The minimum absolute atomic E-state index is 0.222. The molecule has 5 nitrogen and oxygen atoms in total. The van der Waals surface area contributed by atoms with E-state index in [2.05, 4.69) is 5.32 Å². The average molecular weight is 314 g/mol. The van der Waals surface area contributed by atoms with Crippen molar-refractivity contribution >= 4 is 5.91 Å². The fourth-order valence-electron chi connectivity index (χ4n) is 2.27. The molecule has 0 radical (unpaired) electrons. The van der Waals surface area contributed by atoms with Gasteiger partial charge >= 0.3 is 0 Å². The molecule has 0 fully saturated rings. The molecular weight excluding hydrogens is 292 g/mol. The van der Waals surface area contributed by atoms with Gasteiger partial charge in [0.1, 0.15) is 11.5 Å². The Morgan fingerprint density at radius 2 is 1.48 bits per heavy atom. The van der Waals surface area contributed by atoms with Crippen LogP contribution in [0.15, 0.2) is 48.5 Å². The van der Waals surface area contributed by atoms with Crippen LogP contribution in [0.25, 0.3) is 0 Å². The second-order valence-electron chi connectivity index (χ2n) is 5.28. The van der Waals surface area contributed by atoms with E-state index in [1.54, 1.807) is 21.1 Å². The molecule has 2 rings (SSSR count). The standard InChI is InChI=1S/C18H22N2O3/c1-12(19)18(21)20-17(13-6-4-8-15(10-13)22-2)14-7-5-9-16(11-14)23-3/h4-12,17H,19H2,1-3H3,(H,20,21)/t12-/m1/s1. The first-order valence-corrected chi connectivity index (χ1v) is 7.39. The highest BCUT2D eigenvalue weighted by molar-refractivity contribution is 5.81. The summed E-state index contributed by atoms with van der Waals surface area (Å²) in [4.78, 5) is 12.1. The molecule has 2 aromatic carbocycles. The fraction of sp³-hybridized carbons (Fsp3) is 0.278. The number of carbonyl (C=O) groups excluding carboxylic acids is 1. The van der Waals surface area contributed by atoms with Crippen LogP contribution in [0.2, 0.25) is 0 Å². The van der Waals surface area contributed by atoms with E-state index in [4.69, 9.17) is 15.2 Å². The molecule has 122 valence electrons. The third-order valence-corrected chi connectivity index (χ3v) is 3.55. The first kappa shape index (κ1) is 16.8. The lowest BCUT2D eigenvalue weighted by Crippen LogP contribution is -2.40. The van der Waals surface area contributed by atoms with Crippen molar-refractivity contribution in [3.63, 3.8) is 0 Å². The van der Waals surface area contributed by atoms with Crippen LogP contribution < -0.4 is 20.5 Å². The summed E-state index contributed by atoms with van der Waals surface area (Å²) in [5, 5.41) is 2.98. The van der Waals surface area contributed by atoms with Gasteiger partial charge in [0.15, 0.2) is 0 Å². The van der Waals surface area contributed by atoms with Gasteiger partial charge < -0.3 is 20.5 Å². The number of rotatable bonds is 6. The smallest absolute Gasteiger partial charge is 0.237 e. The van der Waals surface area contributed by atoms with Crippen LogP contribution in [-0.2, 0) is 4.79 Å². The normalized spacial score (nSPS) is 11.9. The Morgan fingerprint density at radius 3 is 1.87 bits per heavy atom. The van der Waals surface area contributed by atoms with Crippen LogP contribution in [0.3, 0.4) is 0 Å². The maximum Gasteiger partial charge on any atom is 0.237 e. The van der Waals surface area contributed by atoms with Crippen LogP contribution in [0.5, 0.6) is 11.5 Å². The number of ether oxygens (including phenoxy) is 2. The lowest BCUT2D eigenvalue weighted by molar-refractivity contribution is -0.122. The van der Waals surface area contributed by atoms with Crippen molar-refractivity contribution in [2.75, 3.05) is 14.2 Å². The number of hydrogen-bond donors (Lipinski definition) is 2. The minimum atomic E-state index is -0.589. The summed E-state index contributed by atoms with van der Waals surface area (Å²) < 4.78 is 10.6. The van der Waals surface area contributed by atoms with Gasteiger partial charge in [-0.25, -0.2) is 0 Å². The third kappa shape index (κ3) is 4.23. The van der Waals surface area contributed by atoms with Crippen molar-refractivity contribution < 1.29 is 14.3 Å². The Labute approximate surface area is 136 Å². The van der Waals surface area contributed by atoms with Gasteiger partial charge in [-0.2, -0.15) is 0 Å². The van der Waals surface area contributed by atoms with Gasteiger partial charge in [-0.3, -0.25) is 4.79 Å². The van der Waals surface area contributed by atoms with Gasteiger partial charge in [-0.05, 0) is 42.3 Å². The Morgan fingerprint density at radius 1 is 1.00 bits per heavy atom. The molecule has 0 saturated heterocycles. The molecule has 2 aromatic rings. The molecular formula is C18H22N2O3. The zero-order valence-corrected chi connectivity index (χ0v) is 13.6. The van der Waals surface area contributed by atoms with Crippen molar-refractivity contribution in [2.45, 2.75) is 19.0 Å². The summed E-state index contributed by atoms with van der Waals surface area (Å²) in [6.45, 7) is 1.66. The molecule has 0 saturated carbocycles. The van der Waals surface area contributed by atoms with E-state index in [9.17, 15) is 4.79 Å². The molecule has 0 unspecified atom stereocenters. The summed E-state index contributed by atoms with van der Waals surface area (Å²) in [5.41, 5.74) is 7.51. The number of carbonyl (C=O) groups is 1. The number of nitrogens with two attached hydrogens (primary N) is 1. The fourth-order valence-corrected chi connectivity index (χ4v) is 2.27. The molecule has 0 aliphatic rings. The molecule has 23 heavy (non-hydrogen) atoms. The van der Waals surface area contributed by atoms with E-state index in [0.717, 1.165) is 22.6 Å². The van der Waals surface area contributed by atoms with Crippen molar-refractivity contribution in [2.24, 2.45) is 5.73 Å². The van der Waals surface area contributed by atoms with Crippen LogP contribution in [0, 0.1) is 0 Å². The predicted molar refractivity (Wildman–Crippen MR) is 89.6 cm³/mol. The first-order valence-electron chi connectivity index (χ1n) is 7.39. The van der Waals surface area contributed by atoms with E-state index in [-0.39, 0.29) is 11.9 Å². The van der Waals surface area contributed by atoms with E-state index in [0.29, 0.717) is 0 Å². The molecule has 0 bridgehead atoms. The van der Waals surface area contributed by atoms with Crippen LogP contribution in [-0.4, -0.2) is 26.2 Å². The first-order chi connectivity index (χ1) is 11.0. The number of amides is 1. The zero-order valence-electron chi connectivity index (χ0n) is 13.6. The lowest BCUT2D eigenvalue weighted by atomic mass is 9.97. The molecule has 1 atom stereocenters. The highest BCUT2D eigenvalue weighted by atomic mass is 16.5. The van der Waals surface area contributed by atoms with E-state index in [1.807, 2.05) is 48.5 Å². The van der Waals surface area contributed by atoms with Crippen molar-refractivity contribution in [3.8, 4) is 11.5 Å².